The summed E-state index contributed by atoms with van der Waals surface area (Å²) in [5.74, 6) is 0. The molecule has 3 nitrogen and oxygen atoms in total. The second kappa shape index (κ2) is 7.93. The second-order valence-electron chi connectivity index (χ2n) is 5.35. The Kier molecular flexibility index (Phi) is 5.93. The summed E-state index contributed by atoms with van der Waals surface area (Å²) < 4.78 is 5.56. The molecule has 0 aliphatic carbocycles. The molecule has 0 bridgehead atoms. The third-order valence-corrected chi connectivity index (χ3v) is 3.36. The fourth-order valence-electron chi connectivity index (χ4n) is 2.20. The summed E-state index contributed by atoms with van der Waals surface area (Å²) >= 11 is 0. The van der Waals surface area contributed by atoms with Crippen LogP contribution in [0.1, 0.15) is 11.7 Å². The van der Waals surface area contributed by atoms with Crippen molar-refractivity contribution in [2.75, 3.05) is 33.9 Å². The molecule has 0 aromatic heterocycles. The van der Waals surface area contributed by atoms with E-state index >= 15 is 0 Å². The van der Waals surface area contributed by atoms with Gasteiger partial charge >= 0.3 is 0 Å². The number of likely N-dealkylation sites (N-methyl/N-ethyl adjacent to an activating group) is 1. The normalized spacial score (nSPS) is 12.6. The highest BCUT2D eigenvalue weighted by Gasteiger charge is 2.13. The highest BCUT2D eigenvalue weighted by Crippen LogP contribution is 2.28. The molecular weight excluding hydrogens is 262 g/mol. The summed E-state index contributed by atoms with van der Waals surface area (Å²) in [7, 11) is 4.01. The predicted octanol–water partition coefficient (Wildman–Crippen LogP) is 2.97. The summed E-state index contributed by atoms with van der Waals surface area (Å²) in [6.07, 6.45) is -0.608. The van der Waals surface area contributed by atoms with Crippen molar-refractivity contribution in [1.82, 2.24) is 4.90 Å². The van der Waals surface area contributed by atoms with Crippen LogP contribution in [0.5, 0.6) is 0 Å². The molecule has 0 amide bonds. The zero-order valence-electron chi connectivity index (χ0n) is 12.7. The minimum absolute atomic E-state index is 0.317. The van der Waals surface area contributed by atoms with Crippen molar-refractivity contribution < 1.29 is 9.84 Å². The van der Waals surface area contributed by atoms with Gasteiger partial charge in [-0.05, 0) is 30.8 Å². The lowest BCUT2D eigenvalue weighted by molar-refractivity contribution is 0.0309. The van der Waals surface area contributed by atoms with E-state index < -0.39 is 6.10 Å². The molecular formula is C18H23NO2. The van der Waals surface area contributed by atoms with Crippen LogP contribution in [-0.4, -0.2) is 43.9 Å². The molecule has 0 aliphatic rings. The Morgan fingerprint density at radius 3 is 2.38 bits per heavy atom. The highest BCUT2D eigenvalue weighted by molar-refractivity contribution is 5.67. The van der Waals surface area contributed by atoms with E-state index in [1.165, 1.54) is 0 Å². The molecule has 1 unspecified atom stereocenters. The molecule has 2 rings (SSSR count). The van der Waals surface area contributed by atoms with Crippen LogP contribution in [0, 0.1) is 0 Å². The van der Waals surface area contributed by atoms with E-state index in [9.17, 15) is 5.11 Å². The van der Waals surface area contributed by atoms with E-state index in [4.69, 9.17) is 4.74 Å². The third-order valence-electron chi connectivity index (χ3n) is 3.36. The van der Waals surface area contributed by atoms with E-state index in [1.54, 1.807) is 0 Å². The molecule has 0 radical (unpaired) electrons. The van der Waals surface area contributed by atoms with Gasteiger partial charge in [0.2, 0.25) is 0 Å². The molecule has 0 saturated carbocycles. The maximum atomic E-state index is 10.4. The lowest BCUT2D eigenvalue weighted by Crippen LogP contribution is -2.19. The summed E-state index contributed by atoms with van der Waals surface area (Å²) in [6, 6.07) is 18.0. The third kappa shape index (κ3) is 4.67. The van der Waals surface area contributed by atoms with Gasteiger partial charge in [0.25, 0.3) is 0 Å². The van der Waals surface area contributed by atoms with Crippen LogP contribution in [0.3, 0.4) is 0 Å². The number of aliphatic hydroxyl groups is 1. The maximum Gasteiger partial charge on any atom is 0.103 e. The van der Waals surface area contributed by atoms with Gasteiger partial charge in [-0.15, -0.1) is 0 Å². The number of aliphatic hydroxyl groups excluding tert-OH is 1. The van der Waals surface area contributed by atoms with Gasteiger partial charge in [0.1, 0.15) is 6.10 Å². The van der Waals surface area contributed by atoms with Gasteiger partial charge in [-0.1, -0.05) is 54.6 Å². The quantitative estimate of drug-likeness (QED) is 0.794. The highest BCUT2D eigenvalue weighted by atomic mass is 16.5. The SMILES string of the molecule is CN(C)CCOCC(O)c1ccccc1-c1ccccc1. The van der Waals surface area contributed by atoms with Crippen LogP contribution in [0.2, 0.25) is 0 Å². The van der Waals surface area contributed by atoms with Crippen LogP contribution in [-0.2, 0) is 4.74 Å². The second-order valence-corrected chi connectivity index (χ2v) is 5.35. The lowest BCUT2D eigenvalue weighted by atomic mass is 9.96. The Balaban J connectivity index is 2.06. The summed E-state index contributed by atoms with van der Waals surface area (Å²) in [4.78, 5) is 2.06. The van der Waals surface area contributed by atoms with Crippen LogP contribution >= 0.6 is 0 Å². The smallest absolute Gasteiger partial charge is 0.103 e. The molecule has 0 fully saturated rings. The van der Waals surface area contributed by atoms with E-state index in [0.717, 1.165) is 23.2 Å². The minimum Gasteiger partial charge on any atom is -0.386 e. The van der Waals surface area contributed by atoms with Gasteiger partial charge in [0.05, 0.1) is 13.2 Å². The molecule has 1 atom stereocenters. The average molecular weight is 285 g/mol. The summed E-state index contributed by atoms with van der Waals surface area (Å²) in [6.45, 7) is 1.79. The minimum atomic E-state index is -0.608. The van der Waals surface area contributed by atoms with Crippen LogP contribution in [0.15, 0.2) is 54.6 Å². The van der Waals surface area contributed by atoms with Crippen molar-refractivity contribution in [1.29, 1.82) is 0 Å². The molecule has 2 aromatic carbocycles. The fourth-order valence-corrected chi connectivity index (χ4v) is 2.20. The van der Waals surface area contributed by atoms with Gasteiger partial charge in [-0.3, -0.25) is 0 Å². The number of ether oxygens (including phenoxy) is 1. The van der Waals surface area contributed by atoms with Gasteiger partial charge < -0.3 is 14.7 Å². The molecule has 0 saturated heterocycles. The molecule has 0 heterocycles. The Hall–Kier alpha value is -1.68. The van der Waals surface area contributed by atoms with Crippen LogP contribution in [0.4, 0.5) is 0 Å². The molecule has 0 aliphatic heterocycles. The Bertz CT molecular complexity index is 540. The monoisotopic (exact) mass is 285 g/mol. The van der Waals surface area contributed by atoms with Gasteiger partial charge in [0.15, 0.2) is 0 Å². The molecule has 1 N–H and O–H groups in total. The van der Waals surface area contributed by atoms with Crippen molar-refractivity contribution in [2.24, 2.45) is 0 Å². The van der Waals surface area contributed by atoms with E-state index in [-0.39, 0.29) is 0 Å². The van der Waals surface area contributed by atoms with Crippen molar-refractivity contribution in [3.63, 3.8) is 0 Å². The van der Waals surface area contributed by atoms with Gasteiger partial charge in [-0.25, -0.2) is 0 Å². The number of benzene rings is 2. The fraction of sp³-hybridized carbons (Fsp3) is 0.333. The van der Waals surface area contributed by atoms with E-state index in [1.807, 2.05) is 56.6 Å². The number of nitrogens with zero attached hydrogens (tertiary/aromatic N) is 1. The van der Waals surface area contributed by atoms with E-state index in [2.05, 4.69) is 17.0 Å². The first-order valence-electron chi connectivity index (χ1n) is 7.23. The summed E-state index contributed by atoms with van der Waals surface area (Å²) in [5.41, 5.74) is 3.08. The van der Waals surface area contributed by atoms with Crippen molar-refractivity contribution in [2.45, 2.75) is 6.10 Å². The average Bonchev–Trinajstić information content (AvgIpc) is 2.52. The first-order chi connectivity index (χ1) is 10.2. The largest absolute Gasteiger partial charge is 0.386 e. The molecule has 112 valence electrons. The Morgan fingerprint density at radius 1 is 1.00 bits per heavy atom. The molecule has 2 aromatic rings. The van der Waals surface area contributed by atoms with Gasteiger partial charge in [0, 0.05) is 6.54 Å². The zero-order chi connectivity index (χ0) is 15.1. The van der Waals surface area contributed by atoms with Crippen molar-refractivity contribution in [3.05, 3.63) is 60.2 Å². The van der Waals surface area contributed by atoms with Crippen LogP contribution < -0.4 is 0 Å². The first-order valence-corrected chi connectivity index (χ1v) is 7.23. The Morgan fingerprint density at radius 2 is 1.67 bits per heavy atom. The number of hydrogen-bond acceptors (Lipinski definition) is 3. The first kappa shape index (κ1) is 15.7. The number of hydrogen-bond donors (Lipinski definition) is 1. The topological polar surface area (TPSA) is 32.7 Å². The standard InChI is InChI=1S/C18H23NO2/c1-19(2)12-13-21-14-18(20)17-11-7-6-10-16(17)15-8-4-3-5-9-15/h3-11,18,20H,12-14H2,1-2H3. The molecule has 3 heteroatoms. The summed E-state index contributed by atoms with van der Waals surface area (Å²) in [5, 5.41) is 10.4. The zero-order valence-corrected chi connectivity index (χ0v) is 12.7. The molecule has 0 spiro atoms. The van der Waals surface area contributed by atoms with Crippen molar-refractivity contribution >= 4 is 0 Å². The Labute approximate surface area is 126 Å². The lowest BCUT2D eigenvalue weighted by Gasteiger charge is -2.17. The maximum absolute atomic E-state index is 10.4. The van der Waals surface area contributed by atoms with E-state index in [0.29, 0.717) is 13.2 Å². The molecule has 21 heavy (non-hydrogen) atoms. The number of rotatable bonds is 7. The van der Waals surface area contributed by atoms with Crippen LogP contribution in [0.25, 0.3) is 11.1 Å². The van der Waals surface area contributed by atoms with Crippen molar-refractivity contribution in [3.8, 4) is 11.1 Å². The predicted molar refractivity (Wildman–Crippen MR) is 86.2 cm³/mol. The van der Waals surface area contributed by atoms with Gasteiger partial charge in [-0.2, -0.15) is 0 Å².